The molecule has 0 fully saturated rings. The number of allylic oxidation sites excluding steroid dienone is 2. The van der Waals surface area contributed by atoms with Crippen LogP contribution in [0, 0.1) is 0 Å². The summed E-state index contributed by atoms with van der Waals surface area (Å²) < 4.78 is 2.50. The van der Waals surface area contributed by atoms with Crippen LogP contribution in [-0.2, 0) is 0 Å². The molecule has 0 aliphatic carbocycles. The fourth-order valence-electron chi connectivity index (χ4n) is 4.17. The Hall–Kier alpha value is -3.68. The van der Waals surface area contributed by atoms with E-state index in [0.717, 1.165) is 28.2 Å². The second kappa shape index (κ2) is 6.41. The lowest BCUT2D eigenvalue weighted by molar-refractivity contribution is 0.738. The van der Waals surface area contributed by atoms with Gasteiger partial charge in [-0.05, 0) is 47.2 Å². The van der Waals surface area contributed by atoms with Gasteiger partial charge in [0.05, 0.1) is 17.1 Å². The van der Waals surface area contributed by atoms with Gasteiger partial charge < -0.3 is 0 Å². The largest absolute Gasteiger partial charge is 0.246 e. The van der Waals surface area contributed by atoms with Crippen LogP contribution in [-0.4, -0.2) is 28.9 Å². The molecular formula is C24H13N5S2. The first kappa shape index (κ1) is 17.0. The summed E-state index contributed by atoms with van der Waals surface area (Å²) in [6.45, 7) is 0. The molecule has 5 heterocycles. The monoisotopic (exact) mass is 435 g/mol. The molecular weight excluding hydrogens is 422 g/mol. The van der Waals surface area contributed by atoms with Gasteiger partial charge in [-0.15, -0.1) is 22.7 Å². The van der Waals surface area contributed by atoms with Crippen LogP contribution in [0.3, 0.4) is 0 Å². The van der Waals surface area contributed by atoms with Crippen molar-refractivity contribution < 1.29 is 0 Å². The molecule has 146 valence electrons. The second-order valence-corrected chi connectivity index (χ2v) is 9.19. The highest BCUT2D eigenvalue weighted by atomic mass is 32.1. The lowest BCUT2D eigenvalue weighted by Gasteiger charge is -2.31. The van der Waals surface area contributed by atoms with E-state index >= 15 is 0 Å². The van der Waals surface area contributed by atoms with Crippen molar-refractivity contribution in [3.8, 4) is 0 Å². The van der Waals surface area contributed by atoms with Gasteiger partial charge in [-0.1, -0.05) is 24.3 Å². The van der Waals surface area contributed by atoms with Gasteiger partial charge in [0.2, 0.25) is 11.9 Å². The average Bonchev–Trinajstić information content (AvgIpc) is 3.48. The fourth-order valence-corrected chi connectivity index (χ4v) is 5.79. The van der Waals surface area contributed by atoms with Gasteiger partial charge in [0.25, 0.3) is 0 Å². The molecule has 7 heteroatoms. The van der Waals surface area contributed by atoms with Crippen molar-refractivity contribution in [1.29, 1.82) is 0 Å². The lowest BCUT2D eigenvalue weighted by atomic mass is 10.0. The zero-order chi connectivity index (χ0) is 20.4. The lowest BCUT2D eigenvalue weighted by Crippen LogP contribution is -2.40. The number of aliphatic imine (C=N–C) groups is 4. The van der Waals surface area contributed by atoms with Crippen molar-refractivity contribution in [2.45, 2.75) is 0 Å². The molecule has 0 N–H and O–H groups in total. The van der Waals surface area contributed by atoms with Crippen molar-refractivity contribution in [2.75, 3.05) is 0 Å². The quantitative estimate of drug-likeness (QED) is 0.386. The zero-order valence-electron chi connectivity index (χ0n) is 16.1. The molecule has 0 spiro atoms. The van der Waals surface area contributed by atoms with Crippen molar-refractivity contribution in [3.63, 3.8) is 0 Å². The number of nitrogens with zero attached hydrogens (tertiary/aromatic N) is 5. The predicted molar refractivity (Wildman–Crippen MR) is 131 cm³/mol. The summed E-state index contributed by atoms with van der Waals surface area (Å²) >= 11 is 3.48. The normalized spacial score (nSPS) is 17.2. The molecule has 0 bridgehead atoms. The van der Waals surface area contributed by atoms with Crippen LogP contribution in [0.15, 0.2) is 97.1 Å². The van der Waals surface area contributed by atoms with E-state index in [0.29, 0.717) is 11.9 Å². The van der Waals surface area contributed by atoms with Crippen LogP contribution in [0.5, 0.6) is 0 Å². The van der Waals surface area contributed by atoms with E-state index in [1.165, 1.54) is 26.5 Å². The number of thiophene rings is 2. The SMILES string of the molecule is C1=NC2=NC(c3cccc4sccc34)=CC3=CC(c4cccc5sccc45)=NC(=N1)N32. The number of rotatable bonds is 2. The van der Waals surface area contributed by atoms with Crippen LogP contribution in [0.4, 0.5) is 0 Å². The summed E-state index contributed by atoms with van der Waals surface area (Å²) in [6, 6.07) is 17.0. The van der Waals surface area contributed by atoms with Gasteiger partial charge in [0.1, 0.15) is 6.34 Å². The maximum Gasteiger partial charge on any atom is 0.239 e. The van der Waals surface area contributed by atoms with Gasteiger partial charge in [-0.3, -0.25) is 0 Å². The third-order valence-electron chi connectivity index (χ3n) is 5.56. The molecule has 7 rings (SSSR count). The van der Waals surface area contributed by atoms with E-state index in [4.69, 9.17) is 9.98 Å². The third kappa shape index (κ3) is 2.54. The Kier molecular flexibility index (Phi) is 3.52. The molecule has 5 nitrogen and oxygen atoms in total. The van der Waals surface area contributed by atoms with E-state index < -0.39 is 0 Å². The van der Waals surface area contributed by atoms with Gasteiger partial charge in [0.15, 0.2) is 0 Å². The minimum absolute atomic E-state index is 0.595. The van der Waals surface area contributed by atoms with E-state index in [2.05, 4.69) is 81.4 Å². The van der Waals surface area contributed by atoms with Crippen LogP contribution < -0.4 is 0 Å². The van der Waals surface area contributed by atoms with Crippen LogP contribution in [0.2, 0.25) is 0 Å². The number of hydrogen-bond acceptors (Lipinski definition) is 7. The van der Waals surface area contributed by atoms with E-state index in [-0.39, 0.29) is 0 Å². The summed E-state index contributed by atoms with van der Waals surface area (Å²) in [5.41, 5.74) is 4.98. The van der Waals surface area contributed by atoms with E-state index in [1.54, 1.807) is 22.7 Å². The highest BCUT2D eigenvalue weighted by molar-refractivity contribution is 7.17. The van der Waals surface area contributed by atoms with Crippen LogP contribution in [0.25, 0.3) is 25.9 Å². The Labute approximate surface area is 185 Å². The summed E-state index contributed by atoms with van der Waals surface area (Å²) in [6.07, 6.45) is 5.75. The zero-order valence-corrected chi connectivity index (χ0v) is 17.7. The van der Waals surface area contributed by atoms with Crippen LogP contribution in [0.1, 0.15) is 11.1 Å². The van der Waals surface area contributed by atoms with Gasteiger partial charge in [-0.25, -0.2) is 24.9 Å². The molecule has 2 aromatic carbocycles. The molecule has 31 heavy (non-hydrogen) atoms. The highest BCUT2D eigenvalue weighted by Gasteiger charge is 2.31. The maximum atomic E-state index is 4.85. The molecule has 0 atom stereocenters. The number of fused-ring (bicyclic) bond motifs is 2. The van der Waals surface area contributed by atoms with E-state index in [1.807, 2.05) is 4.90 Å². The molecule has 0 amide bonds. The first-order valence-corrected chi connectivity index (χ1v) is 11.6. The van der Waals surface area contributed by atoms with Gasteiger partial charge in [-0.2, -0.15) is 0 Å². The minimum Gasteiger partial charge on any atom is -0.246 e. The average molecular weight is 436 g/mol. The first-order valence-electron chi connectivity index (χ1n) is 9.80. The van der Waals surface area contributed by atoms with Crippen molar-refractivity contribution in [1.82, 2.24) is 4.90 Å². The van der Waals surface area contributed by atoms with Gasteiger partial charge in [0, 0.05) is 31.3 Å². The summed E-state index contributed by atoms with van der Waals surface area (Å²) in [5.74, 6) is 1.19. The standard InChI is InChI=1S/C24H13N5S2/c1-3-15(17-7-9-30-21(17)5-1)19-11-14-12-20(16-4-2-6-22-18(16)8-10-31-22)28-24-26-13-25-23(27-19)29(14)24/h1-13H. The molecule has 0 saturated carbocycles. The Morgan fingerprint density at radius 1 is 0.710 bits per heavy atom. The number of benzene rings is 2. The Morgan fingerprint density at radius 2 is 1.45 bits per heavy atom. The van der Waals surface area contributed by atoms with Crippen LogP contribution >= 0.6 is 22.7 Å². The molecule has 0 radical (unpaired) electrons. The molecule has 3 aliphatic heterocycles. The summed E-state index contributed by atoms with van der Waals surface area (Å²) in [4.78, 5) is 20.5. The van der Waals surface area contributed by atoms with Gasteiger partial charge >= 0.3 is 0 Å². The fraction of sp³-hybridized carbons (Fsp3) is 0. The molecule has 3 aliphatic rings. The molecule has 2 aromatic heterocycles. The Balaban J connectivity index is 1.44. The topological polar surface area (TPSA) is 52.7 Å². The van der Waals surface area contributed by atoms with Crippen molar-refractivity contribution in [2.24, 2.45) is 20.0 Å². The predicted octanol–water partition coefficient (Wildman–Crippen LogP) is 5.91. The third-order valence-corrected chi connectivity index (χ3v) is 7.32. The Bertz CT molecular complexity index is 1520. The molecule has 0 saturated heterocycles. The van der Waals surface area contributed by atoms with E-state index in [9.17, 15) is 0 Å². The summed E-state index contributed by atoms with van der Waals surface area (Å²) in [5, 5.41) is 6.65. The smallest absolute Gasteiger partial charge is 0.239 e. The van der Waals surface area contributed by atoms with Crippen molar-refractivity contribution >= 4 is 72.5 Å². The van der Waals surface area contributed by atoms with Crippen molar-refractivity contribution in [3.05, 3.63) is 88.3 Å². The second-order valence-electron chi connectivity index (χ2n) is 7.29. The number of hydrogen-bond donors (Lipinski definition) is 0. The molecule has 0 unspecified atom stereocenters. The molecule has 4 aromatic rings. The maximum absolute atomic E-state index is 4.85. The number of guanidine groups is 2. The minimum atomic E-state index is 0.595. The first-order chi connectivity index (χ1) is 15.3. The Morgan fingerprint density at radius 3 is 2.26 bits per heavy atom. The highest BCUT2D eigenvalue weighted by Crippen LogP contribution is 2.35. The summed E-state index contributed by atoms with van der Waals surface area (Å²) in [7, 11) is 0.